The Kier molecular flexibility index (Phi) is 4.99. The van der Waals surface area contributed by atoms with Crippen LogP contribution in [0.15, 0.2) is 16.3 Å². The van der Waals surface area contributed by atoms with Crippen LogP contribution in [0.3, 0.4) is 0 Å². The highest BCUT2D eigenvalue weighted by atomic mass is 32.2. The summed E-state index contributed by atoms with van der Waals surface area (Å²) in [5.41, 5.74) is 0. The van der Waals surface area contributed by atoms with Gasteiger partial charge in [0, 0.05) is 30.6 Å². The van der Waals surface area contributed by atoms with E-state index < -0.39 is 10.0 Å². The number of nitrogens with one attached hydrogen (secondary N) is 1. The van der Waals surface area contributed by atoms with Crippen molar-refractivity contribution in [1.82, 2.24) is 9.62 Å². The van der Waals surface area contributed by atoms with Crippen molar-refractivity contribution in [3.8, 4) is 0 Å². The van der Waals surface area contributed by atoms with Crippen molar-refractivity contribution < 1.29 is 8.42 Å². The van der Waals surface area contributed by atoms with Gasteiger partial charge in [0.05, 0.1) is 0 Å². The molecular formula is C15H24N2O2S2. The first-order chi connectivity index (χ1) is 10.2. The lowest BCUT2D eigenvalue weighted by atomic mass is 10.1. The quantitative estimate of drug-likeness (QED) is 0.904. The lowest BCUT2D eigenvalue weighted by molar-refractivity contribution is 0.365. The van der Waals surface area contributed by atoms with Crippen LogP contribution >= 0.6 is 11.3 Å². The molecule has 1 saturated heterocycles. The van der Waals surface area contributed by atoms with Crippen molar-refractivity contribution in [2.45, 2.75) is 61.7 Å². The summed E-state index contributed by atoms with van der Waals surface area (Å²) in [6, 6.07) is 4.39. The molecule has 0 atom stereocenters. The number of hydrogen-bond donors (Lipinski definition) is 1. The second-order valence-corrected chi connectivity index (χ2v) is 9.38. The first-order valence-electron chi connectivity index (χ1n) is 7.98. The van der Waals surface area contributed by atoms with Gasteiger partial charge < -0.3 is 5.32 Å². The SMILES string of the molecule is O=S(=O)(c1ccc(CNC2CC2)s1)N1CCCCCCC1. The molecule has 0 spiro atoms. The van der Waals surface area contributed by atoms with E-state index in [1.807, 2.05) is 6.07 Å². The minimum Gasteiger partial charge on any atom is -0.309 e. The predicted octanol–water partition coefficient (Wildman–Crippen LogP) is 2.95. The summed E-state index contributed by atoms with van der Waals surface area (Å²) in [4.78, 5) is 1.12. The molecule has 1 aromatic rings. The Hall–Kier alpha value is -0.430. The summed E-state index contributed by atoms with van der Waals surface area (Å²) in [5.74, 6) is 0. The third-order valence-corrected chi connectivity index (χ3v) is 7.64. The van der Waals surface area contributed by atoms with Gasteiger partial charge in [-0.3, -0.25) is 0 Å². The van der Waals surface area contributed by atoms with E-state index in [4.69, 9.17) is 0 Å². The van der Waals surface area contributed by atoms with Crippen molar-refractivity contribution in [3.63, 3.8) is 0 Å². The van der Waals surface area contributed by atoms with Gasteiger partial charge in [0.2, 0.25) is 0 Å². The summed E-state index contributed by atoms with van der Waals surface area (Å²) in [6.07, 6.45) is 8.01. The molecule has 0 bridgehead atoms. The van der Waals surface area contributed by atoms with Crippen molar-refractivity contribution in [3.05, 3.63) is 17.0 Å². The van der Waals surface area contributed by atoms with Gasteiger partial charge in [-0.1, -0.05) is 19.3 Å². The van der Waals surface area contributed by atoms with Crippen molar-refractivity contribution >= 4 is 21.4 Å². The lowest BCUT2D eigenvalue weighted by Crippen LogP contribution is -2.33. The molecule has 1 aliphatic carbocycles. The zero-order valence-electron chi connectivity index (χ0n) is 12.4. The fraction of sp³-hybridized carbons (Fsp3) is 0.733. The summed E-state index contributed by atoms with van der Waals surface area (Å²) >= 11 is 1.42. The Bertz CT molecular complexity index is 556. The van der Waals surface area contributed by atoms with Crippen LogP contribution in [0, 0.1) is 0 Å². The Balaban J connectivity index is 1.67. The molecule has 1 N–H and O–H groups in total. The highest BCUT2D eigenvalue weighted by Crippen LogP contribution is 2.27. The van der Waals surface area contributed by atoms with E-state index in [-0.39, 0.29) is 0 Å². The zero-order chi connectivity index (χ0) is 14.7. The van der Waals surface area contributed by atoms with Crippen LogP contribution in [0.1, 0.15) is 49.8 Å². The van der Waals surface area contributed by atoms with Crippen LogP contribution in [0.25, 0.3) is 0 Å². The average Bonchev–Trinajstić information content (AvgIpc) is 3.11. The average molecular weight is 329 g/mol. The Morgan fingerprint density at radius 1 is 1.10 bits per heavy atom. The molecule has 3 rings (SSSR count). The first-order valence-corrected chi connectivity index (χ1v) is 10.2. The lowest BCUT2D eigenvalue weighted by Gasteiger charge is -2.23. The van der Waals surface area contributed by atoms with E-state index in [0.29, 0.717) is 23.3 Å². The van der Waals surface area contributed by atoms with Crippen molar-refractivity contribution in [2.24, 2.45) is 0 Å². The summed E-state index contributed by atoms with van der Waals surface area (Å²) in [5, 5.41) is 3.44. The maximum atomic E-state index is 12.7. The van der Waals surface area contributed by atoms with Crippen LogP contribution in [-0.4, -0.2) is 31.9 Å². The van der Waals surface area contributed by atoms with Gasteiger partial charge in [-0.25, -0.2) is 8.42 Å². The van der Waals surface area contributed by atoms with E-state index >= 15 is 0 Å². The summed E-state index contributed by atoms with van der Waals surface area (Å²) in [6.45, 7) is 2.15. The molecule has 0 amide bonds. The Labute approximate surface area is 131 Å². The van der Waals surface area contributed by atoms with Gasteiger partial charge in [0.25, 0.3) is 10.0 Å². The van der Waals surface area contributed by atoms with Crippen LogP contribution in [0.2, 0.25) is 0 Å². The topological polar surface area (TPSA) is 49.4 Å². The van der Waals surface area contributed by atoms with E-state index in [2.05, 4.69) is 5.32 Å². The van der Waals surface area contributed by atoms with Crippen LogP contribution in [0.4, 0.5) is 0 Å². The van der Waals surface area contributed by atoms with Crippen LogP contribution < -0.4 is 5.32 Å². The van der Waals surface area contributed by atoms with E-state index in [0.717, 1.165) is 37.1 Å². The summed E-state index contributed by atoms with van der Waals surface area (Å²) < 4.78 is 27.7. The van der Waals surface area contributed by atoms with Gasteiger partial charge in [-0.05, 0) is 37.8 Å². The van der Waals surface area contributed by atoms with Gasteiger partial charge in [0.15, 0.2) is 0 Å². The van der Waals surface area contributed by atoms with Crippen molar-refractivity contribution in [1.29, 1.82) is 0 Å². The molecule has 4 nitrogen and oxygen atoms in total. The summed E-state index contributed by atoms with van der Waals surface area (Å²) in [7, 11) is -3.28. The van der Waals surface area contributed by atoms with E-state index in [9.17, 15) is 8.42 Å². The van der Waals surface area contributed by atoms with Crippen molar-refractivity contribution in [2.75, 3.05) is 13.1 Å². The van der Waals surface area contributed by atoms with Gasteiger partial charge in [0.1, 0.15) is 4.21 Å². The largest absolute Gasteiger partial charge is 0.309 e. The Morgan fingerprint density at radius 2 is 1.76 bits per heavy atom. The Morgan fingerprint density at radius 3 is 2.43 bits per heavy atom. The molecule has 0 radical (unpaired) electrons. The van der Waals surface area contributed by atoms with Gasteiger partial charge >= 0.3 is 0 Å². The third kappa shape index (κ3) is 4.06. The minimum atomic E-state index is -3.28. The minimum absolute atomic E-state index is 0.510. The van der Waals surface area contributed by atoms with Crippen LogP contribution in [-0.2, 0) is 16.6 Å². The predicted molar refractivity (Wildman–Crippen MR) is 86.0 cm³/mol. The molecule has 6 heteroatoms. The maximum Gasteiger partial charge on any atom is 0.252 e. The number of rotatable bonds is 5. The molecule has 1 aromatic heterocycles. The number of thiophene rings is 1. The highest BCUT2D eigenvalue weighted by Gasteiger charge is 2.26. The molecule has 2 aliphatic rings. The third-order valence-electron chi connectivity index (χ3n) is 4.19. The molecule has 2 heterocycles. The van der Waals surface area contributed by atoms with E-state index in [1.165, 1.54) is 30.6 Å². The fourth-order valence-electron chi connectivity index (χ4n) is 2.71. The number of sulfonamides is 1. The number of nitrogens with zero attached hydrogens (tertiary/aromatic N) is 1. The maximum absolute atomic E-state index is 12.7. The second kappa shape index (κ2) is 6.77. The fourth-order valence-corrected chi connectivity index (χ4v) is 5.69. The van der Waals surface area contributed by atoms with E-state index in [1.54, 1.807) is 10.4 Å². The molecule has 0 aromatic carbocycles. The molecular weight excluding hydrogens is 304 g/mol. The molecule has 118 valence electrons. The normalized spacial score (nSPS) is 21.9. The smallest absolute Gasteiger partial charge is 0.252 e. The first kappa shape index (κ1) is 15.5. The van der Waals surface area contributed by atoms with Gasteiger partial charge in [-0.15, -0.1) is 11.3 Å². The number of hydrogen-bond acceptors (Lipinski definition) is 4. The molecule has 21 heavy (non-hydrogen) atoms. The van der Waals surface area contributed by atoms with Crippen LogP contribution in [0.5, 0.6) is 0 Å². The molecule has 2 fully saturated rings. The molecule has 0 unspecified atom stereocenters. The van der Waals surface area contributed by atoms with Gasteiger partial charge in [-0.2, -0.15) is 4.31 Å². The standard InChI is InChI=1S/C15H24N2O2S2/c18-21(19,17-10-4-2-1-3-5-11-17)15-9-8-14(20-15)12-16-13-6-7-13/h8-9,13,16H,1-7,10-12H2. The molecule has 1 saturated carbocycles. The monoisotopic (exact) mass is 328 g/mol. The second-order valence-electron chi connectivity index (χ2n) is 6.05. The zero-order valence-corrected chi connectivity index (χ0v) is 14.0. The molecule has 1 aliphatic heterocycles. The highest BCUT2D eigenvalue weighted by molar-refractivity contribution is 7.91.